The van der Waals surface area contributed by atoms with E-state index in [-0.39, 0.29) is 23.5 Å². The van der Waals surface area contributed by atoms with Crippen LogP contribution in [0, 0.1) is 0 Å². The van der Waals surface area contributed by atoms with Crippen LogP contribution in [0.1, 0.15) is 31.0 Å². The molecule has 0 aliphatic carbocycles. The van der Waals surface area contributed by atoms with Crippen LogP contribution in [-0.2, 0) is 9.53 Å². The number of rotatable bonds is 7. The van der Waals surface area contributed by atoms with Crippen LogP contribution in [0.2, 0.25) is 0 Å². The highest BCUT2D eigenvalue weighted by Gasteiger charge is 2.36. The van der Waals surface area contributed by atoms with Crippen LogP contribution < -0.4 is 24.4 Å². The first kappa shape index (κ1) is 26.3. The van der Waals surface area contributed by atoms with E-state index in [1.54, 1.807) is 39.2 Å². The van der Waals surface area contributed by atoms with Crippen LogP contribution in [0.25, 0.3) is 16.8 Å². The molecule has 7 nitrogen and oxygen atoms in total. The highest BCUT2D eigenvalue weighted by Crippen LogP contribution is 2.40. The number of halogens is 2. The van der Waals surface area contributed by atoms with Gasteiger partial charge in [0.25, 0.3) is 5.56 Å². The number of fused-ring (bicyclic) bond motifs is 2. The molecule has 0 bridgehead atoms. The maximum atomic E-state index is 13.9. The number of esters is 1. The number of ether oxygens (including phenoxy) is 3. The van der Waals surface area contributed by atoms with Crippen molar-refractivity contribution in [2.45, 2.75) is 26.5 Å². The first-order valence-corrected chi connectivity index (χ1v) is 12.9. The molecule has 0 saturated heterocycles. The zero-order valence-electron chi connectivity index (χ0n) is 21.3. The van der Waals surface area contributed by atoms with Gasteiger partial charge in [-0.3, -0.25) is 9.36 Å². The summed E-state index contributed by atoms with van der Waals surface area (Å²) in [6, 6.07) is 16.5. The fourth-order valence-electron chi connectivity index (χ4n) is 4.70. The molecule has 200 valence electrons. The van der Waals surface area contributed by atoms with Gasteiger partial charge in [0, 0.05) is 5.56 Å². The number of hydrogen-bond acceptors (Lipinski definition) is 7. The maximum Gasteiger partial charge on any atom is 0.387 e. The molecule has 39 heavy (non-hydrogen) atoms. The second-order valence-corrected chi connectivity index (χ2v) is 9.66. The molecule has 0 unspecified atom stereocenters. The Labute approximate surface area is 225 Å². The van der Waals surface area contributed by atoms with Gasteiger partial charge in [-0.2, -0.15) is 8.78 Å². The van der Waals surface area contributed by atoms with Crippen molar-refractivity contribution in [2.24, 2.45) is 4.99 Å². The van der Waals surface area contributed by atoms with E-state index in [1.165, 1.54) is 28.0 Å². The predicted octanol–water partition coefficient (Wildman–Crippen LogP) is 4.56. The van der Waals surface area contributed by atoms with Gasteiger partial charge in [0.05, 0.1) is 29.5 Å². The number of alkyl halides is 2. The van der Waals surface area contributed by atoms with Gasteiger partial charge in [0.1, 0.15) is 17.5 Å². The van der Waals surface area contributed by atoms with Crippen LogP contribution in [0.4, 0.5) is 8.78 Å². The van der Waals surface area contributed by atoms with E-state index in [2.05, 4.69) is 9.73 Å². The number of allylic oxidation sites excluding steroid dienone is 1. The van der Waals surface area contributed by atoms with Crippen molar-refractivity contribution in [2.75, 3.05) is 13.7 Å². The van der Waals surface area contributed by atoms with Gasteiger partial charge >= 0.3 is 12.6 Å². The number of benzene rings is 3. The average Bonchev–Trinajstić information content (AvgIpc) is 3.22. The zero-order valence-corrected chi connectivity index (χ0v) is 22.1. The van der Waals surface area contributed by atoms with Crippen molar-refractivity contribution in [3.8, 4) is 11.5 Å². The van der Waals surface area contributed by atoms with Crippen LogP contribution in [-0.4, -0.2) is 30.9 Å². The van der Waals surface area contributed by atoms with Gasteiger partial charge in [-0.1, -0.05) is 53.8 Å². The minimum atomic E-state index is -2.93. The van der Waals surface area contributed by atoms with Gasteiger partial charge < -0.3 is 14.2 Å². The third-order valence-electron chi connectivity index (χ3n) is 6.34. The molecule has 1 aliphatic heterocycles. The predicted molar refractivity (Wildman–Crippen MR) is 144 cm³/mol. The van der Waals surface area contributed by atoms with Crippen LogP contribution >= 0.6 is 11.3 Å². The molecular formula is C29H24F2N2O5S. The topological polar surface area (TPSA) is 79.1 Å². The molecule has 1 aliphatic rings. The Balaban J connectivity index is 1.75. The largest absolute Gasteiger partial charge is 0.496 e. The summed E-state index contributed by atoms with van der Waals surface area (Å²) in [6.07, 6.45) is 1.65. The van der Waals surface area contributed by atoms with Gasteiger partial charge in [-0.05, 0) is 54.5 Å². The molecule has 0 amide bonds. The Hall–Kier alpha value is -4.31. The summed E-state index contributed by atoms with van der Waals surface area (Å²) in [5.74, 6) is -0.0385. The van der Waals surface area contributed by atoms with E-state index < -0.39 is 18.6 Å². The molecule has 2 heterocycles. The number of methoxy groups -OCH3 is 1. The van der Waals surface area contributed by atoms with Crippen molar-refractivity contribution in [3.05, 3.63) is 103 Å². The van der Waals surface area contributed by atoms with Crippen LogP contribution in [0.3, 0.4) is 0 Å². The minimum absolute atomic E-state index is 0.0152. The van der Waals surface area contributed by atoms with E-state index in [0.717, 1.165) is 10.8 Å². The summed E-state index contributed by atoms with van der Waals surface area (Å²) >= 11 is 1.17. The Morgan fingerprint density at radius 3 is 2.56 bits per heavy atom. The molecule has 3 aromatic carbocycles. The van der Waals surface area contributed by atoms with Crippen LogP contribution in [0.5, 0.6) is 11.5 Å². The summed E-state index contributed by atoms with van der Waals surface area (Å²) in [4.78, 5) is 32.2. The Bertz CT molecular complexity index is 1770. The number of thiazole rings is 1. The van der Waals surface area contributed by atoms with E-state index >= 15 is 0 Å². The smallest absolute Gasteiger partial charge is 0.387 e. The molecule has 0 fully saturated rings. The van der Waals surface area contributed by atoms with Crippen molar-refractivity contribution < 1.29 is 27.8 Å². The Kier molecular flexibility index (Phi) is 7.30. The quantitative estimate of drug-likeness (QED) is 0.315. The monoisotopic (exact) mass is 550 g/mol. The van der Waals surface area contributed by atoms with Crippen molar-refractivity contribution in [3.63, 3.8) is 0 Å². The summed E-state index contributed by atoms with van der Waals surface area (Å²) in [5, 5.41) is 1.74. The van der Waals surface area contributed by atoms with E-state index in [0.29, 0.717) is 31.9 Å². The van der Waals surface area contributed by atoms with Gasteiger partial charge in [0.2, 0.25) is 0 Å². The molecule has 1 atom stereocenters. The molecule has 5 rings (SSSR count). The molecule has 10 heteroatoms. The summed E-state index contributed by atoms with van der Waals surface area (Å²) in [5.41, 5.74) is 1.59. The van der Waals surface area contributed by atoms with Crippen molar-refractivity contribution in [1.29, 1.82) is 0 Å². The average molecular weight is 551 g/mol. The summed E-state index contributed by atoms with van der Waals surface area (Å²) < 4.78 is 42.4. The fraction of sp³-hybridized carbons (Fsp3) is 0.207. The SMILES string of the molecule is CCOC(=O)C1=C(C)N=c2s/c(=C/c3ccc(OC(F)F)cc3)c(=O)n2[C@H]1c1c(OC)ccc2ccccc12. The zero-order chi connectivity index (χ0) is 27.7. The lowest BCUT2D eigenvalue weighted by molar-refractivity contribution is -0.139. The number of hydrogen-bond donors (Lipinski definition) is 0. The van der Waals surface area contributed by atoms with Crippen molar-refractivity contribution >= 4 is 34.2 Å². The van der Waals surface area contributed by atoms with Gasteiger partial charge in [-0.15, -0.1) is 0 Å². The number of nitrogens with zero attached hydrogens (tertiary/aromatic N) is 2. The molecule has 0 radical (unpaired) electrons. The number of carbonyl (C=O) groups excluding carboxylic acids is 1. The lowest BCUT2D eigenvalue weighted by atomic mass is 9.90. The maximum absolute atomic E-state index is 13.9. The van der Waals surface area contributed by atoms with E-state index in [9.17, 15) is 18.4 Å². The highest BCUT2D eigenvalue weighted by molar-refractivity contribution is 7.07. The lowest BCUT2D eigenvalue weighted by Gasteiger charge is -2.27. The third-order valence-corrected chi connectivity index (χ3v) is 7.33. The molecule has 0 N–H and O–H groups in total. The first-order valence-electron chi connectivity index (χ1n) is 12.1. The van der Waals surface area contributed by atoms with Crippen LogP contribution in [0.15, 0.2) is 81.7 Å². The second-order valence-electron chi connectivity index (χ2n) is 8.65. The van der Waals surface area contributed by atoms with E-state index in [1.807, 2.05) is 36.4 Å². The lowest BCUT2D eigenvalue weighted by Crippen LogP contribution is -2.40. The Morgan fingerprint density at radius 1 is 1.13 bits per heavy atom. The third kappa shape index (κ3) is 4.95. The second kappa shape index (κ2) is 10.8. The molecule has 4 aromatic rings. The normalized spacial score (nSPS) is 15.3. The van der Waals surface area contributed by atoms with Crippen molar-refractivity contribution in [1.82, 2.24) is 4.57 Å². The first-order chi connectivity index (χ1) is 18.8. The highest BCUT2D eigenvalue weighted by atomic mass is 32.1. The number of aromatic nitrogens is 1. The fourth-order valence-corrected chi connectivity index (χ4v) is 5.74. The minimum Gasteiger partial charge on any atom is -0.496 e. The van der Waals surface area contributed by atoms with Gasteiger partial charge in [0.15, 0.2) is 4.80 Å². The Morgan fingerprint density at radius 2 is 1.87 bits per heavy atom. The standard InChI is InChI=1S/C29H24F2N2O5S/c1-4-37-27(35)23-16(2)32-29-33(25(23)24-20-8-6-5-7-18(20)11-14-21(24)36-3)26(34)22(39-29)15-17-9-12-19(13-10-17)38-28(30)31/h5-15,25,28H,4H2,1-3H3/b22-15+/t25-/m1/s1. The summed E-state index contributed by atoms with van der Waals surface area (Å²) in [6.45, 7) is 0.663. The van der Waals surface area contributed by atoms with E-state index in [4.69, 9.17) is 9.47 Å². The summed E-state index contributed by atoms with van der Waals surface area (Å²) in [7, 11) is 1.54. The molecular weight excluding hydrogens is 526 g/mol. The molecule has 0 spiro atoms. The van der Waals surface area contributed by atoms with Gasteiger partial charge in [-0.25, -0.2) is 9.79 Å². The molecule has 1 aromatic heterocycles. The molecule has 0 saturated carbocycles. The number of carbonyl (C=O) groups is 1.